The number of hydrogen-bond acceptors (Lipinski definition) is 6. The van der Waals surface area contributed by atoms with Gasteiger partial charge in [0.15, 0.2) is 16.6 Å². The van der Waals surface area contributed by atoms with Crippen LogP contribution < -0.4 is 14.8 Å². The molecule has 0 atom stereocenters. The molecule has 33 heavy (non-hydrogen) atoms. The predicted molar refractivity (Wildman–Crippen MR) is 125 cm³/mol. The Balaban J connectivity index is 1.10. The lowest BCUT2D eigenvalue weighted by atomic mass is 9.84. The van der Waals surface area contributed by atoms with Crippen molar-refractivity contribution in [1.29, 1.82) is 5.26 Å². The second-order valence-corrected chi connectivity index (χ2v) is 9.80. The Morgan fingerprint density at radius 2 is 1.97 bits per heavy atom. The fourth-order valence-electron chi connectivity index (χ4n) is 4.67. The smallest absolute Gasteiger partial charge is 0.413 e. The summed E-state index contributed by atoms with van der Waals surface area (Å²) < 4.78 is 25.2. The fraction of sp³-hybridized carbons (Fsp3) is 0.520. The average Bonchev–Trinajstić information content (AvgIpc) is 3.33. The molecule has 1 amide bonds. The van der Waals surface area contributed by atoms with Gasteiger partial charge in [0.2, 0.25) is 0 Å². The molecule has 1 saturated heterocycles. The molecule has 4 rings (SSSR count). The third-order valence-electron chi connectivity index (χ3n) is 6.60. The summed E-state index contributed by atoms with van der Waals surface area (Å²) in [6.45, 7) is 2.98. The third kappa shape index (κ3) is 6.92. The van der Waals surface area contributed by atoms with E-state index in [1.54, 1.807) is 18.2 Å². The van der Waals surface area contributed by atoms with E-state index in [1.165, 1.54) is 23.8 Å². The number of nitriles is 1. The van der Waals surface area contributed by atoms with Crippen LogP contribution in [0.5, 0.6) is 10.8 Å². The molecule has 8 heteroatoms. The number of likely N-dealkylation sites (tertiary alicyclic amines) is 1. The van der Waals surface area contributed by atoms with Crippen molar-refractivity contribution in [3.63, 3.8) is 0 Å². The van der Waals surface area contributed by atoms with Crippen molar-refractivity contribution in [1.82, 2.24) is 10.2 Å². The Labute approximate surface area is 198 Å². The second-order valence-electron chi connectivity index (χ2n) is 8.89. The van der Waals surface area contributed by atoms with E-state index in [2.05, 4.69) is 10.2 Å². The van der Waals surface area contributed by atoms with E-state index in [9.17, 15) is 9.18 Å². The van der Waals surface area contributed by atoms with Crippen molar-refractivity contribution >= 4 is 17.4 Å². The Kier molecular flexibility index (Phi) is 8.19. The van der Waals surface area contributed by atoms with Gasteiger partial charge in [0.25, 0.3) is 0 Å². The van der Waals surface area contributed by atoms with Gasteiger partial charge in [0, 0.05) is 19.1 Å². The van der Waals surface area contributed by atoms with Gasteiger partial charge in [0.05, 0.1) is 11.6 Å². The Morgan fingerprint density at radius 1 is 1.18 bits per heavy atom. The monoisotopic (exact) mass is 471 g/mol. The molecule has 0 unspecified atom stereocenters. The third-order valence-corrected chi connectivity index (χ3v) is 7.34. The Bertz CT molecular complexity index is 946. The first-order valence-electron chi connectivity index (χ1n) is 11.7. The van der Waals surface area contributed by atoms with Gasteiger partial charge < -0.3 is 19.7 Å². The highest BCUT2D eigenvalue weighted by Gasteiger charge is 2.25. The van der Waals surface area contributed by atoms with E-state index in [0.29, 0.717) is 16.5 Å². The van der Waals surface area contributed by atoms with Crippen LogP contribution in [0.2, 0.25) is 0 Å². The van der Waals surface area contributed by atoms with Crippen LogP contribution in [-0.2, 0) is 0 Å². The molecule has 2 aromatic rings. The molecule has 1 aliphatic heterocycles. The molecular weight excluding hydrogens is 441 g/mol. The van der Waals surface area contributed by atoms with E-state index in [-0.39, 0.29) is 24.0 Å². The van der Waals surface area contributed by atoms with E-state index in [0.717, 1.165) is 58.2 Å². The number of carbonyl (C=O) groups excluding carboxylic acids is 1. The maximum absolute atomic E-state index is 14.1. The van der Waals surface area contributed by atoms with Gasteiger partial charge in [-0.25, -0.2) is 9.18 Å². The summed E-state index contributed by atoms with van der Waals surface area (Å²) in [5, 5.41) is 14.4. The van der Waals surface area contributed by atoms with Crippen molar-refractivity contribution in [3.05, 3.63) is 47.1 Å². The van der Waals surface area contributed by atoms with E-state index in [4.69, 9.17) is 14.7 Å². The molecule has 1 saturated carbocycles. The second kappa shape index (κ2) is 11.5. The molecular formula is C25H30FN3O3S. The summed E-state index contributed by atoms with van der Waals surface area (Å²) >= 11 is 1.41. The first-order valence-corrected chi connectivity index (χ1v) is 12.6. The van der Waals surface area contributed by atoms with E-state index >= 15 is 0 Å². The number of nitrogens with one attached hydrogen (secondary N) is 1. The van der Waals surface area contributed by atoms with Gasteiger partial charge >= 0.3 is 6.09 Å². The van der Waals surface area contributed by atoms with Gasteiger partial charge in [-0.15, -0.1) is 11.3 Å². The maximum atomic E-state index is 14.1. The van der Waals surface area contributed by atoms with Gasteiger partial charge in [0.1, 0.15) is 6.10 Å². The summed E-state index contributed by atoms with van der Waals surface area (Å²) in [5.41, 5.74) is 0.304. The highest BCUT2D eigenvalue weighted by molar-refractivity contribution is 7.11. The lowest BCUT2D eigenvalue weighted by molar-refractivity contribution is 0.0918. The molecule has 2 fully saturated rings. The lowest BCUT2D eigenvalue weighted by Crippen LogP contribution is -2.41. The normalized spacial score (nSPS) is 21.8. The number of piperidine rings is 1. The summed E-state index contributed by atoms with van der Waals surface area (Å²) in [7, 11) is 0. The standard InChI is InChI=1S/C25H30FN3O3S/c26-22-16-19(17-27)5-8-23(22)31-21-10-13-29(14-11-21)12-9-18-3-6-20(7-4-18)28-25(30)32-24-2-1-15-33-24/h1-2,5,8,15-16,18,20-21H,3-4,6-7,9-14H2,(H,28,30). The summed E-state index contributed by atoms with van der Waals surface area (Å²) in [6, 6.07) is 10.2. The topological polar surface area (TPSA) is 74.6 Å². The van der Waals surface area contributed by atoms with Crippen molar-refractivity contribution in [2.24, 2.45) is 5.92 Å². The Hall–Kier alpha value is -2.63. The van der Waals surface area contributed by atoms with E-state index in [1.807, 2.05) is 17.5 Å². The lowest BCUT2D eigenvalue weighted by Gasteiger charge is -2.34. The van der Waals surface area contributed by atoms with Crippen LogP contribution in [-0.4, -0.2) is 42.8 Å². The van der Waals surface area contributed by atoms with Gasteiger partial charge in [-0.1, -0.05) is 0 Å². The quantitative estimate of drug-likeness (QED) is 0.590. The molecule has 0 spiro atoms. The van der Waals surface area contributed by atoms with Crippen molar-refractivity contribution in [2.75, 3.05) is 19.6 Å². The first-order chi connectivity index (χ1) is 16.1. The van der Waals surface area contributed by atoms with Crippen LogP contribution in [0, 0.1) is 23.1 Å². The fourth-order valence-corrected chi connectivity index (χ4v) is 5.24. The number of halogens is 1. The molecule has 1 aliphatic carbocycles. The van der Waals surface area contributed by atoms with Crippen molar-refractivity contribution in [2.45, 2.75) is 57.1 Å². The van der Waals surface area contributed by atoms with Crippen LogP contribution in [0.1, 0.15) is 50.5 Å². The molecule has 1 N–H and O–H groups in total. The molecule has 0 radical (unpaired) electrons. The minimum atomic E-state index is -0.471. The molecule has 176 valence electrons. The molecule has 2 heterocycles. The molecule has 2 aliphatic rings. The minimum Gasteiger partial charge on any atom is -0.487 e. The highest BCUT2D eigenvalue weighted by Crippen LogP contribution is 2.28. The largest absolute Gasteiger partial charge is 0.487 e. The highest BCUT2D eigenvalue weighted by atomic mass is 32.1. The maximum Gasteiger partial charge on any atom is 0.413 e. The zero-order valence-corrected chi connectivity index (χ0v) is 19.5. The number of amides is 1. The SMILES string of the molecule is N#Cc1ccc(OC2CCN(CCC3CCC(NC(=O)Oc4cccs4)CC3)CC2)c(F)c1. The van der Waals surface area contributed by atoms with Crippen LogP contribution in [0.15, 0.2) is 35.7 Å². The van der Waals surface area contributed by atoms with Gasteiger partial charge in [-0.3, -0.25) is 0 Å². The van der Waals surface area contributed by atoms with Crippen LogP contribution in [0.25, 0.3) is 0 Å². The number of thiophene rings is 1. The number of hydrogen-bond donors (Lipinski definition) is 1. The first kappa shape index (κ1) is 23.5. The van der Waals surface area contributed by atoms with Crippen molar-refractivity contribution < 1.29 is 18.7 Å². The molecule has 1 aromatic carbocycles. The predicted octanol–water partition coefficient (Wildman–Crippen LogP) is 5.34. The number of ether oxygens (including phenoxy) is 2. The number of rotatable bonds is 7. The molecule has 1 aromatic heterocycles. The number of carbonyl (C=O) groups is 1. The number of nitrogens with zero attached hydrogens (tertiary/aromatic N) is 2. The summed E-state index contributed by atoms with van der Waals surface area (Å²) in [4.78, 5) is 14.5. The average molecular weight is 472 g/mol. The summed E-state index contributed by atoms with van der Waals surface area (Å²) in [5.74, 6) is 0.455. The Morgan fingerprint density at radius 3 is 2.64 bits per heavy atom. The minimum absolute atomic E-state index is 0.0131. The summed E-state index contributed by atoms with van der Waals surface area (Å²) in [6.07, 6.45) is 6.83. The molecule has 0 bridgehead atoms. The zero-order valence-electron chi connectivity index (χ0n) is 18.7. The van der Waals surface area contributed by atoms with Crippen LogP contribution >= 0.6 is 11.3 Å². The van der Waals surface area contributed by atoms with Crippen molar-refractivity contribution in [3.8, 4) is 16.9 Å². The van der Waals surface area contributed by atoms with Crippen LogP contribution in [0.4, 0.5) is 9.18 Å². The van der Waals surface area contributed by atoms with Gasteiger partial charge in [-0.2, -0.15) is 5.26 Å². The van der Waals surface area contributed by atoms with Gasteiger partial charge in [-0.05, 0) is 93.1 Å². The van der Waals surface area contributed by atoms with E-state index < -0.39 is 5.82 Å². The zero-order chi connectivity index (χ0) is 23.0. The van der Waals surface area contributed by atoms with Crippen LogP contribution in [0.3, 0.4) is 0 Å². The molecule has 6 nitrogen and oxygen atoms in total. The number of benzene rings is 1.